The predicted molar refractivity (Wildman–Crippen MR) is 121 cm³/mol. The van der Waals surface area contributed by atoms with Crippen molar-refractivity contribution >= 4 is 23.6 Å². The third-order valence-electron chi connectivity index (χ3n) is 4.37. The molecule has 0 bridgehead atoms. The maximum Gasteiger partial charge on any atom is 0.140 e. The fraction of sp³-hybridized carbons (Fsp3) is 0.333. The molecule has 1 N–H and O–H groups in total. The van der Waals surface area contributed by atoms with Gasteiger partial charge in [0.05, 0.1) is 18.7 Å². The molecule has 0 fully saturated rings. The van der Waals surface area contributed by atoms with E-state index in [1.165, 1.54) is 12.8 Å². The van der Waals surface area contributed by atoms with Crippen LogP contribution in [0.3, 0.4) is 0 Å². The molecule has 0 aliphatic heterocycles. The molecule has 0 saturated heterocycles. The fourth-order valence-corrected chi connectivity index (χ4v) is 2.56. The van der Waals surface area contributed by atoms with Gasteiger partial charge in [-0.05, 0) is 42.3 Å². The Bertz CT molecular complexity index is 963. The molecular formula is C24H30N4O. The Morgan fingerprint density at radius 2 is 1.79 bits per heavy atom. The number of fused-ring (bicyclic) bond motifs is 1. The zero-order chi connectivity index (χ0) is 21.1. The largest absolute Gasteiger partial charge is 0.497 e. The summed E-state index contributed by atoms with van der Waals surface area (Å²) < 4.78 is 7.16. The number of nitriles is 1. The average molecular weight is 391 g/mol. The highest BCUT2D eigenvalue weighted by atomic mass is 16.5. The summed E-state index contributed by atoms with van der Waals surface area (Å²) in [6.07, 6.45) is 9.54. The van der Waals surface area contributed by atoms with Gasteiger partial charge in [0.1, 0.15) is 22.9 Å². The highest BCUT2D eigenvalue weighted by Gasteiger charge is 2.10. The minimum Gasteiger partial charge on any atom is -0.497 e. The van der Waals surface area contributed by atoms with Gasteiger partial charge in [0.15, 0.2) is 0 Å². The standard InChI is InChI=1S/C20H20N4O.C4H10/c1-3-11-22-20-18(9-6-15-4-7-17(25-2)8-5-15)23-19-13-16(14-21)10-12-24(19)20;1-3-4-2/h4-10,12-13,22H,3,11H2,1-2H3;3-4H2,1-2H3/b9-6+;. The molecule has 29 heavy (non-hydrogen) atoms. The third-order valence-corrected chi connectivity index (χ3v) is 4.37. The van der Waals surface area contributed by atoms with Crippen LogP contribution in [0.25, 0.3) is 17.8 Å². The molecule has 0 spiro atoms. The van der Waals surface area contributed by atoms with E-state index in [0.717, 1.165) is 41.4 Å². The van der Waals surface area contributed by atoms with Crippen LogP contribution in [0.15, 0.2) is 42.6 Å². The molecule has 3 aromatic rings. The Morgan fingerprint density at radius 1 is 1.07 bits per heavy atom. The second-order valence-corrected chi connectivity index (χ2v) is 6.63. The van der Waals surface area contributed by atoms with Crippen molar-refractivity contribution in [3.63, 3.8) is 0 Å². The number of imidazole rings is 1. The Balaban J connectivity index is 0.000000687. The quantitative estimate of drug-likeness (QED) is 0.536. The maximum atomic E-state index is 9.08. The number of rotatable bonds is 7. The van der Waals surface area contributed by atoms with Crippen molar-refractivity contribution in [2.24, 2.45) is 0 Å². The van der Waals surface area contributed by atoms with Crippen LogP contribution in [0.4, 0.5) is 5.82 Å². The number of aromatic nitrogens is 2. The number of nitrogens with one attached hydrogen (secondary N) is 1. The predicted octanol–water partition coefficient (Wildman–Crippen LogP) is 6.01. The number of unbranched alkanes of at least 4 members (excludes halogenated alkanes) is 1. The van der Waals surface area contributed by atoms with Gasteiger partial charge in [-0.2, -0.15) is 5.26 Å². The average Bonchev–Trinajstić information content (AvgIpc) is 3.13. The van der Waals surface area contributed by atoms with Crippen molar-refractivity contribution in [1.29, 1.82) is 5.26 Å². The Morgan fingerprint density at radius 3 is 2.38 bits per heavy atom. The van der Waals surface area contributed by atoms with Gasteiger partial charge in [0.25, 0.3) is 0 Å². The van der Waals surface area contributed by atoms with E-state index in [9.17, 15) is 0 Å². The first-order chi connectivity index (χ1) is 14.2. The summed E-state index contributed by atoms with van der Waals surface area (Å²) in [6.45, 7) is 7.34. The number of methoxy groups -OCH3 is 1. The second kappa shape index (κ2) is 11.6. The van der Waals surface area contributed by atoms with Crippen molar-refractivity contribution in [3.8, 4) is 11.8 Å². The summed E-state index contributed by atoms with van der Waals surface area (Å²) in [5, 5.41) is 12.5. The highest BCUT2D eigenvalue weighted by molar-refractivity contribution is 5.76. The fourth-order valence-electron chi connectivity index (χ4n) is 2.56. The monoisotopic (exact) mass is 390 g/mol. The van der Waals surface area contributed by atoms with Crippen LogP contribution < -0.4 is 10.1 Å². The van der Waals surface area contributed by atoms with E-state index >= 15 is 0 Å². The SMILES string of the molecule is CCCC.CCCNc1c(/C=C/c2ccc(OC)cc2)nc2cc(C#N)ccn12. The van der Waals surface area contributed by atoms with Crippen LogP contribution in [0, 0.1) is 11.3 Å². The zero-order valence-corrected chi connectivity index (χ0v) is 17.8. The number of ether oxygens (including phenoxy) is 1. The molecule has 0 saturated carbocycles. The van der Waals surface area contributed by atoms with Gasteiger partial charge in [0.2, 0.25) is 0 Å². The summed E-state index contributed by atoms with van der Waals surface area (Å²) in [5.41, 5.74) is 3.27. The van der Waals surface area contributed by atoms with E-state index in [-0.39, 0.29) is 0 Å². The van der Waals surface area contributed by atoms with Crippen LogP contribution >= 0.6 is 0 Å². The number of hydrogen-bond donors (Lipinski definition) is 1. The number of nitrogens with zero attached hydrogens (tertiary/aromatic N) is 3. The normalized spacial score (nSPS) is 10.4. The highest BCUT2D eigenvalue weighted by Crippen LogP contribution is 2.22. The molecular weight excluding hydrogens is 360 g/mol. The molecule has 152 valence electrons. The van der Waals surface area contributed by atoms with Crippen molar-refractivity contribution in [2.75, 3.05) is 19.0 Å². The van der Waals surface area contributed by atoms with Crippen LogP contribution in [0.2, 0.25) is 0 Å². The van der Waals surface area contributed by atoms with Crippen molar-refractivity contribution in [3.05, 3.63) is 59.4 Å². The summed E-state index contributed by atoms with van der Waals surface area (Å²) in [4.78, 5) is 4.66. The Hall–Kier alpha value is -3.26. The molecule has 5 heteroatoms. The first-order valence-corrected chi connectivity index (χ1v) is 10.1. The van der Waals surface area contributed by atoms with Gasteiger partial charge in [-0.1, -0.05) is 51.8 Å². The van der Waals surface area contributed by atoms with Gasteiger partial charge in [-0.15, -0.1) is 0 Å². The van der Waals surface area contributed by atoms with E-state index in [1.807, 2.05) is 47.0 Å². The molecule has 5 nitrogen and oxygen atoms in total. The van der Waals surface area contributed by atoms with Crippen molar-refractivity contribution in [1.82, 2.24) is 9.38 Å². The zero-order valence-electron chi connectivity index (χ0n) is 17.8. The lowest BCUT2D eigenvalue weighted by molar-refractivity contribution is 0.415. The third kappa shape index (κ3) is 6.11. The summed E-state index contributed by atoms with van der Waals surface area (Å²) in [5.74, 6) is 1.77. The summed E-state index contributed by atoms with van der Waals surface area (Å²) in [6, 6.07) is 13.6. The van der Waals surface area contributed by atoms with E-state index in [0.29, 0.717) is 5.56 Å². The van der Waals surface area contributed by atoms with Gasteiger partial charge < -0.3 is 10.1 Å². The van der Waals surface area contributed by atoms with Crippen LogP contribution in [0.1, 0.15) is 56.9 Å². The number of anilines is 1. The van der Waals surface area contributed by atoms with Gasteiger partial charge in [-0.25, -0.2) is 4.98 Å². The molecule has 0 amide bonds. The minimum atomic E-state index is 0.602. The number of hydrogen-bond acceptors (Lipinski definition) is 4. The van der Waals surface area contributed by atoms with Crippen LogP contribution in [-0.2, 0) is 0 Å². The van der Waals surface area contributed by atoms with E-state index in [4.69, 9.17) is 10.00 Å². The molecule has 2 aromatic heterocycles. The van der Waals surface area contributed by atoms with Gasteiger partial charge in [0, 0.05) is 12.7 Å². The van der Waals surface area contributed by atoms with E-state index in [1.54, 1.807) is 19.2 Å². The molecule has 0 atom stereocenters. The lowest BCUT2D eigenvalue weighted by Crippen LogP contribution is -2.03. The lowest BCUT2D eigenvalue weighted by atomic mass is 10.2. The van der Waals surface area contributed by atoms with E-state index < -0.39 is 0 Å². The Kier molecular flexibility index (Phi) is 8.78. The first-order valence-electron chi connectivity index (χ1n) is 10.1. The number of benzene rings is 1. The lowest BCUT2D eigenvalue weighted by Gasteiger charge is -2.05. The van der Waals surface area contributed by atoms with Crippen molar-refractivity contribution in [2.45, 2.75) is 40.0 Å². The molecule has 0 aliphatic carbocycles. The second-order valence-electron chi connectivity index (χ2n) is 6.63. The Labute approximate surface area is 173 Å². The smallest absolute Gasteiger partial charge is 0.140 e. The van der Waals surface area contributed by atoms with Crippen LogP contribution in [0.5, 0.6) is 5.75 Å². The van der Waals surface area contributed by atoms with E-state index in [2.05, 4.69) is 37.1 Å². The maximum absolute atomic E-state index is 9.08. The minimum absolute atomic E-state index is 0.602. The molecule has 1 aromatic carbocycles. The molecule has 2 heterocycles. The molecule has 0 radical (unpaired) electrons. The molecule has 0 unspecified atom stereocenters. The molecule has 0 aliphatic rings. The number of pyridine rings is 1. The van der Waals surface area contributed by atoms with Gasteiger partial charge >= 0.3 is 0 Å². The first kappa shape index (κ1) is 22.0. The summed E-state index contributed by atoms with van der Waals surface area (Å²) >= 11 is 0. The van der Waals surface area contributed by atoms with Crippen LogP contribution in [-0.4, -0.2) is 23.0 Å². The van der Waals surface area contributed by atoms with Crippen molar-refractivity contribution < 1.29 is 4.74 Å². The van der Waals surface area contributed by atoms with Gasteiger partial charge in [-0.3, -0.25) is 4.40 Å². The topological polar surface area (TPSA) is 62.3 Å². The molecule has 3 rings (SSSR count). The summed E-state index contributed by atoms with van der Waals surface area (Å²) in [7, 11) is 1.66.